The number of halogens is 1. The van der Waals surface area contributed by atoms with E-state index in [9.17, 15) is 9.18 Å². The summed E-state index contributed by atoms with van der Waals surface area (Å²) >= 11 is 0. The van der Waals surface area contributed by atoms with Crippen LogP contribution in [-0.4, -0.2) is 31.9 Å². The number of benzene rings is 1. The standard InChI is InChI=1S/C20H15FN4O2/c21-15-6-2-1-5-13(15)19-14-11-25(10-8-17(14)27-23-19)20(26)16-12-24-9-4-3-7-18(24)22-16/h1-7,9,12H,8,10-11H2. The molecule has 5 rings (SSSR count). The van der Waals surface area contributed by atoms with Gasteiger partial charge in [0, 0.05) is 36.5 Å². The Labute approximate surface area is 153 Å². The average Bonchev–Trinajstić information content (AvgIpc) is 3.31. The maximum Gasteiger partial charge on any atom is 0.274 e. The first kappa shape index (κ1) is 15.7. The molecule has 1 aromatic carbocycles. The minimum Gasteiger partial charge on any atom is -0.360 e. The van der Waals surface area contributed by atoms with Crippen molar-refractivity contribution in [1.29, 1.82) is 0 Å². The van der Waals surface area contributed by atoms with E-state index in [1.807, 2.05) is 28.8 Å². The van der Waals surface area contributed by atoms with Crippen LogP contribution in [-0.2, 0) is 13.0 Å². The molecule has 0 bridgehead atoms. The van der Waals surface area contributed by atoms with Crippen molar-refractivity contribution in [3.05, 3.63) is 77.7 Å². The van der Waals surface area contributed by atoms with Gasteiger partial charge in [-0.05, 0) is 24.3 Å². The lowest BCUT2D eigenvalue weighted by atomic mass is 10.0. The normalized spacial score (nSPS) is 13.7. The molecule has 27 heavy (non-hydrogen) atoms. The topological polar surface area (TPSA) is 63.6 Å². The van der Waals surface area contributed by atoms with Crippen LogP contribution < -0.4 is 0 Å². The van der Waals surface area contributed by atoms with Crippen LogP contribution in [0.1, 0.15) is 21.8 Å². The first-order chi connectivity index (χ1) is 13.2. The van der Waals surface area contributed by atoms with Crippen LogP contribution in [0, 0.1) is 5.82 Å². The third kappa shape index (κ3) is 2.59. The van der Waals surface area contributed by atoms with Crippen molar-refractivity contribution < 1.29 is 13.7 Å². The summed E-state index contributed by atoms with van der Waals surface area (Å²) in [4.78, 5) is 19.0. The molecule has 1 aliphatic rings. The highest BCUT2D eigenvalue weighted by atomic mass is 19.1. The van der Waals surface area contributed by atoms with Crippen LogP contribution >= 0.6 is 0 Å². The number of amides is 1. The van der Waals surface area contributed by atoms with Crippen molar-refractivity contribution in [2.45, 2.75) is 13.0 Å². The van der Waals surface area contributed by atoms with E-state index in [0.29, 0.717) is 42.2 Å². The molecule has 4 aromatic rings. The van der Waals surface area contributed by atoms with E-state index in [0.717, 1.165) is 11.2 Å². The highest BCUT2D eigenvalue weighted by Gasteiger charge is 2.29. The molecule has 0 fully saturated rings. The minimum atomic E-state index is -0.364. The molecular formula is C20H15FN4O2. The van der Waals surface area contributed by atoms with Crippen molar-refractivity contribution in [3.8, 4) is 11.3 Å². The second kappa shape index (κ2) is 6.05. The fourth-order valence-corrected chi connectivity index (χ4v) is 3.45. The fourth-order valence-electron chi connectivity index (χ4n) is 3.45. The monoisotopic (exact) mass is 362 g/mol. The van der Waals surface area contributed by atoms with Gasteiger partial charge >= 0.3 is 0 Å². The van der Waals surface area contributed by atoms with Crippen LogP contribution in [0.3, 0.4) is 0 Å². The summed E-state index contributed by atoms with van der Waals surface area (Å²) in [6.07, 6.45) is 4.11. The number of hydrogen-bond donors (Lipinski definition) is 0. The van der Waals surface area contributed by atoms with Gasteiger partial charge in [-0.15, -0.1) is 0 Å². The van der Waals surface area contributed by atoms with E-state index in [1.54, 1.807) is 29.3 Å². The SMILES string of the molecule is O=C(c1cn2ccccc2n1)N1CCc2onc(-c3ccccc3F)c2C1. The molecule has 4 heterocycles. The molecule has 0 saturated carbocycles. The van der Waals surface area contributed by atoms with Crippen LogP contribution in [0.25, 0.3) is 16.9 Å². The number of nitrogens with zero attached hydrogens (tertiary/aromatic N) is 4. The van der Waals surface area contributed by atoms with Gasteiger partial charge in [-0.25, -0.2) is 9.37 Å². The molecule has 0 N–H and O–H groups in total. The van der Waals surface area contributed by atoms with E-state index in [1.165, 1.54) is 6.07 Å². The summed E-state index contributed by atoms with van der Waals surface area (Å²) in [7, 11) is 0. The Hall–Kier alpha value is -3.48. The number of pyridine rings is 1. The summed E-state index contributed by atoms with van der Waals surface area (Å²) < 4.78 is 21.4. The fraction of sp³-hybridized carbons (Fsp3) is 0.150. The molecule has 0 atom stereocenters. The first-order valence-corrected chi connectivity index (χ1v) is 8.66. The molecule has 3 aromatic heterocycles. The summed E-state index contributed by atoms with van der Waals surface area (Å²) in [6, 6.07) is 12.0. The molecule has 134 valence electrons. The lowest BCUT2D eigenvalue weighted by Gasteiger charge is -2.25. The highest BCUT2D eigenvalue weighted by Crippen LogP contribution is 2.31. The molecule has 1 aliphatic heterocycles. The quantitative estimate of drug-likeness (QED) is 0.549. The lowest BCUT2D eigenvalue weighted by molar-refractivity contribution is 0.0724. The Morgan fingerprint density at radius 3 is 2.85 bits per heavy atom. The van der Waals surface area contributed by atoms with Crippen LogP contribution in [0.4, 0.5) is 4.39 Å². The Bertz CT molecular complexity index is 1130. The van der Waals surface area contributed by atoms with Gasteiger partial charge in [0.2, 0.25) is 0 Å². The second-order valence-electron chi connectivity index (χ2n) is 6.48. The van der Waals surface area contributed by atoms with E-state index in [4.69, 9.17) is 4.52 Å². The Kier molecular flexibility index (Phi) is 3.53. The van der Waals surface area contributed by atoms with Gasteiger partial charge < -0.3 is 13.8 Å². The third-order valence-corrected chi connectivity index (χ3v) is 4.83. The van der Waals surface area contributed by atoms with Crippen molar-refractivity contribution in [3.63, 3.8) is 0 Å². The number of rotatable bonds is 2. The summed E-state index contributed by atoms with van der Waals surface area (Å²) in [6.45, 7) is 0.820. The van der Waals surface area contributed by atoms with Gasteiger partial charge in [-0.2, -0.15) is 0 Å². The van der Waals surface area contributed by atoms with Crippen molar-refractivity contribution in [1.82, 2.24) is 19.4 Å². The van der Waals surface area contributed by atoms with Crippen LogP contribution in [0.15, 0.2) is 59.4 Å². The molecular weight excluding hydrogens is 347 g/mol. The van der Waals surface area contributed by atoms with Gasteiger partial charge in [-0.3, -0.25) is 4.79 Å². The largest absolute Gasteiger partial charge is 0.360 e. The summed E-state index contributed by atoms with van der Waals surface area (Å²) in [5.41, 5.74) is 2.69. The maximum atomic E-state index is 14.2. The van der Waals surface area contributed by atoms with Crippen molar-refractivity contribution >= 4 is 11.6 Å². The van der Waals surface area contributed by atoms with E-state index in [-0.39, 0.29) is 11.7 Å². The highest BCUT2D eigenvalue weighted by molar-refractivity contribution is 5.93. The molecule has 0 radical (unpaired) electrons. The number of fused-ring (bicyclic) bond motifs is 2. The Balaban J connectivity index is 1.48. The van der Waals surface area contributed by atoms with Gasteiger partial charge in [0.25, 0.3) is 5.91 Å². The summed E-state index contributed by atoms with van der Waals surface area (Å²) in [5.74, 6) is 0.176. The van der Waals surface area contributed by atoms with Gasteiger partial charge in [0.15, 0.2) is 0 Å². The predicted octanol–water partition coefficient (Wildman–Crippen LogP) is 3.33. The number of imidazole rings is 1. The Morgan fingerprint density at radius 1 is 1.15 bits per heavy atom. The zero-order chi connectivity index (χ0) is 18.4. The van der Waals surface area contributed by atoms with Crippen LogP contribution in [0.2, 0.25) is 0 Å². The molecule has 6 nitrogen and oxygen atoms in total. The maximum absolute atomic E-state index is 14.2. The average molecular weight is 362 g/mol. The molecule has 0 saturated heterocycles. The minimum absolute atomic E-state index is 0.162. The number of carbonyl (C=O) groups is 1. The number of hydrogen-bond acceptors (Lipinski definition) is 4. The van der Waals surface area contributed by atoms with E-state index >= 15 is 0 Å². The molecule has 0 aliphatic carbocycles. The lowest BCUT2D eigenvalue weighted by Crippen LogP contribution is -2.35. The number of carbonyl (C=O) groups excluding carboxylic acids is 1. The summed E-state index contributed by atoms with van der Waals surface area (Å²) in [5, 5.41) is 4.06. The van der Waals surface area contributed by atoms with E-state index < -0.39 is 0 Å². The molecule has 0 spiro atoms. The number of aromatic nitrogens is 3. The zero-order valence-electron chi connectivity index (χ0n) is 14.3. The third-order valence-electron chi connectivity index (χ3n) is 4.83. The smallest absolute Gasteiger partial charge is 0.274 e. The first-order valence-electron chi connectivity index (χ1n) is 8.66. The van der Waals surface area contributed by atoms with Crippen molar-refractivity contribution in [2.75, 3.05) is 6.54 Å². The van der Waals surface area contributed by atoms with Crippen molar-refractivity contribution in [2.24, 2.45) is 0 Å². The second-order valence-corrected chi connectivity index (χ2v) is 6.48. The molecule has 1 amide bonds. The van der Waals surface area contributed by atoms with Crippen LogP contribution in [0.5, 0.6) is 0 Å². The predicted molar refractivity (Wildman–Crippen MR) is 95.5 cm³/mol. The van der Waals surface area contributed by atoms with Gasteiger partial charge in [0.05, 0.1) is 6.54 Å². The Morgan fingerprint density at radius 2 is 2.00 bits per heavy atom. The van der Waals surface area contributed by atoms with Gasteiger partial charge in [0.1, 0.15) is 28.6 Å². The molecule has 7 heteroatoms. The van der Waals surface area contributed by atoms with E-state index in [2.05, 4.69) is 10.1 Å². The zero-order valence-corrected chi connectivity index (χ0v) is 14.3. The molecule has 0 unspecified atom stereocenters. The van der Waals surface area contributed by atoms with Gasteiger partial charge in [-0.1, -0.05) is 23.4 Å².